The van der Waals surface area contributed by atoms with Crippen LogP contribution in [0.15, 0.2) is 40.8 Å². The van der Waals surface area contributed by atoms with Gasteiger partial charge in [0.1, 0.15) is 22.6 Å². The number of methoxy groups -OCH3 is 2. The molecule has 1 saturated heterocycles. The molecule has 0 radical (unpaired) electrons. The van der Waals surface area contributed by atoms with Crippen molar-refractivity contribution in [2.45, 2.75) is 12.5 Å². The second kappa shape index (κ2) is 7.38. The number of halogens is 1. The molecule has 1 atom stereocenters. The average Bonchev–Trinajstić information content (AvgIpc) is 3.34. The molecule has 3 aromatic rings. The summed E-state index contributed by atoms with van der Waals surface area (Å²) in [5, 5.41) is 3.15. The van der Waals surface area contributed by atoms with Crippen LogP contribution in [0, 0.1) is 5.82 Å². The molecule has 0 bridgehead atoms. The number of amides is 1. The van der Waals surface area contributed by atoms with Crippen LogP contribution in [0.3, 0.4) is 0 Å². The Morgan fingerprint density at radius 3 is 2.61 bits per heavy atom. The van der Waals surface area contributed by atoms with Crippen LogP contribution in [0.2, 0.25) is 0 Å². The van der Waals surface area contributed by atoms with Crippen molar-refractivity contribution >= 4 is 23.0 Å². The van der Waals surface area contributed by atoms with Gasteiger partial charge in [-0.25, -0.2) is 4.39 Å². The fourth-order valence-corrected chi connectivity index (χ4v) is 3.43. The van der Waals surface area contributed by atoms with Gasteiger partial charge in [0.15, 0.2) is 11.4 Å². The number of aromatic nitrogens is 1. The number of oxazole rings is 1. The minimum absolute atomic E-state index is 0.0548. The zero-order chi connectivity index (χ0) is 19.7. The maximum absolute atomic E-state index is 13.8. The van der Waals surface area contributed by atoms with E-state index in [2.05, 4.69) is 10.3 Å². The van der Waals surface area contributed by atoms with Crippen LogP contribution in [-0.2, 0) is 0 Å². The fraction of sp³-hybridized carbons (Fsp3) is 0.300. The van der Waals surface area contributed by atoms with Gasteiger partial charge in [-0.05, 0) is 30.7 Å². The van der Waals surface area contributed by atoms with Gasteiger partial charge in [0.05, 0.1) is 14.2 Å². The van der Waals surface area contributed by atoms with Gasteiger partial charge in [-0.3, -0.25) is 4.79 Å². The zero-order valence-electron chi connectivity index (χ0n) is 15.6. The van der Waals surface area contributed by atoms with E-state index < -0.39 is 5.82 Å². The van der Waals surface area contributed by atoms with Crippen molar-refractivity contribution in [3.8, 4) is 11.5 Å². The predicted molar refractivity (Wildman–Crippen MR) is 101 cm³/mol. The van der Waals surface area contributed by atoms with E-state index in [4.69, 9.17) is 13.9 Å². The quantitative estimate of drug-likeness (QED) is 0.726. The first kappa shape index (κ1) is 18.1. The number of benzene rings is 2. The number of likely N-dealkylation sites (tertiary alicyclic amines) is 1. The zero-order valence-corrected chi connectivity index (χ0v) is 15.6. The number of para-hydroxylation sites is 1. The number of anilines is 1. The molecule has 1 aliphatic rings. The minimum atomic E-state index is -0.430. The first-order valence-corrected chi connectivity index (χ1v) is 8.92. The highest BCUT2D eigenvalue weighted by Crippen LogP contribution is 2.31. The van der Waals surface area contributed by atoms with Crippen molar-refractivity contribution in [2.75, 3.05) is 32.6 Å². The molecule has 0 saturated carbocycles. The molecule has 1 N–H and O–H groups in total. The maximum Gasteiger partial charge on any atom is 0.296 e. The van der Waals surface area contributed by atoms with Crippen LogP contribution in [0.1, 0.15) is 16.8 Å². The maximum atomic E-state index is 13.8. The standard InChI is InChI=1S/C20H20FN3O4/c1-26-14-6-4-7-15(27-2)17(14)19(25)24-10-9-12(11-24)22-20-23-18-13(21)5-3-8-16(18)28-20/h3-8,12H,9-11H2,1-2H3,(H,22,23). The van der Waals surface area contributed by atoms with Gasteiger partial charge in [-0.15, -0.1) is 0 Å². The second-order valence-corrected chi connectivity index (χ2v) is 6.52. The monoisotopic (exact) mass is 385 g/mol. The molecule has 1 amide bonds. The summed E-state index contributed by atoms with van der Waals surface area (Å²) in [5.41, 5.74) is 0.971. The lowest BCUT2D eigenvalue weighted by Gasteiger charge is -2.20. The normalized spacial score (nSPS) is 16.4. The SMILES string of the molecule is COc1cccc(OC)c1C(=O)N1CCC(Nc2nc3c(F)cccc3o2)C1. The molecule has 0 spiro atoms. The van der Waals surface area contributed by atoms with Gasteiger partial charge in [0, 0.05) is 19.1 Å². The van der Waals surface area contributed by atoms with E-state index in [1.807, 2.05) is 0 Å². The summed E-state index contributed by atoms with van der Waals surface area (Å²) in [6, 6.07) is 10.00. The number of rotatable bonds is 5. The highest BCUT2D eigenvalue weighted by atomic mass is 19.1. The van der Waals surface area contributed by atoms with Gasteiger partial charge in [0.25, 0.3) is 11.9 Å². The Balaban J connectivity index is 1.49. The molecular formula is C20H20FN3O4. The molecular weight excluding hydrogens is 365 g/mol. The van der Waals surface area contributed by atoms with E-state index in [1.165, 1.54) is 20.3 Å². The fourth-order valence-electron chi connectivity index (χ4n) is 3.43. The predicted octanol–water partition coefficient (Wildman–Crippen LogP) is 3.31. The van der Waals surface area contributed by atoms with Gasteiger partial charge < -0.3 is 24.1 Å². The number of carbonyl (C=O) groups is 1. The van der Waals surface area contributed by atoms with Gasteiger partial charge in [-0.2, -0.15) is 4.98 Å². The van der Waals surface area contributed by atoms with Crippen LogP contribution < -0.4 is 14.8 Å². The molecule has 0 aliphatic carbocycles. The van der Waals surface area contributed by atoms with Gasteiger partial charge in [0.2, 0.25) is 0 Å². The van der Waals surface area contributed by atoms with Crippen LogP contribution >= 0.6 is 0 Å². The molecule has 1 aromatic heterocycles. The lowest BCUT2D eigenvalue weighted by molar-refractivity contribution is 0.0784. The Labute approximate surface area is 161 Å². The lowest BCUT2D eigenvalue weighted by Crippen LogP contribution is -2.32. The van der Waals surface area contributed by atoms with Crippen molar-refractivity contribution in [2.24, 2.45) is 0 Å². The van der Waals surface area contributed by atoms with Gasteiger partial charge in [-0.1, -0.05) is 12.1 Å². The Morgan fingerprint density at radius 1 is 1.21 bits per heavy atom. The first-order valence-electron chi connectivity index (χ1n) is 8.92. The van der Waals surface area contributed by atoms with E-state index >= 15 is 0 Å². The Kier molecular flexibility index (Phi) is 4.77. The largest absolute Gasteiger partial charge is 0.496 e. The minimum Gasteiger partial charge on any atom is -0.496 e. The lowest BCUT2D eigenvalue weighted by atomic mass is 10.1. The van der Waals surface area contributed by atoms with E-state index in [0.717, 1.165) is 0 Å². The van der Waals surface area contributed by atoms with Crippen molar-refractivity contribution in [1.29, 1.82) is 0 Å². The summed E-state index contributed by atoms with van der Waals surface area (Å²) in [6.45, 7) is 1.02. The molecule has 8 heteroatoms. The molecule has 2 heterocycles. The molecule has 146 valence electrons. The molecule has 1 unspecified atom stereocenters. The Bertz CT molecular complexity index is 998. The average molecular weight is 385 g/mol. The van der Waals surface area contributed by atoms with E-state index in [0.29, 0.717) is 42.2 Å². The number of ether oxygens (including phenoxy) is 2. The third kappa shape index (κ3) is 3.21. The second-order valence-electron chi connectivity index (χ2n) is 6.52. The van der Waals surface area contributed by atoms with Crippen LogP contribution in [0.5, 0.6) is 11.5 Å². The van der Waals surface area contributed by atoms with Crippen molar-refractivity contribution in [1.82, 2.24) is 9.88 Å². The highest BCUT2D eigenvalue weighted by Gasteiger charge is 2.31. The smallest absolute Gasteiger partial charge is 0.296 e. The topological polar surface area (TPSA) is 76.8 Å². The molecule has 1 aliphatic heterocycles. The number of hydrogen-bond acceptors (Lipinski definition) is 6. The van der Waals surface area contributed by atoms with Crippen molar-refractivity contribution < 1.29 is 23.1 Å². The number of fused-ring (bicyclic) bond motifs is 1. The third-order valence-corrected chi connectivity index (χ3v) is 4.81. The van der Waals surface area contributed by atoms with Gasteiger partial charge >= 0.3 is 0 Å². The summed E-state index contributed by atoms with van der Waals surface area (Å²) >= 11 is 0. The third-order valence-electron chi connectivity index (χ3n) is 4.81. The van der Waals surface area contributed by atoms with Crippen molar-refractivity contribution in [3.63, 3.8) is 0 Å². The molecule has 28 heavy (non-hydrogen) atoms. The molecule has 2 aromatic carbocycles. The van der Waals surface area contributed by atoms with Crippen molar-refractivity contribution in [3.05, 3.63) is 47.8 Å². The van der Waals surface area contributed by atoms with E-state index in [-0.39, 0.29) is 23.5 Å². The summed E-state index contributed by atoms with van der Waals surface area (Å²) in [5.74, 6) is 0.341. The van der Waals surface area contributed by atoms with Crippen LogP contribution in [0.4, 0.5) is 10.4 Å². The molecule has 1 fully saturated rings. The number of carbonyl (C=O) groups excluding carboxylic acids is 1. The molecule has 7 nitrogen and oxygen atoms in total. The summed E-state index contributed by atoms with van der Waals surface area (Å²) in [6.07, 6.45) is 0.713. The first-order chi connectivity index (χ1) is 13.6. The number of hydrogen-bond donors (Lipinski definition) is 1. The summed E-state index contributed by atoms with van der Waals surface area (Å²) < 4.78 is 30.0. The van der Waals surface area contributed by atoms with Crippen LogP contribution in [0.25, 0.3) is 11.1 Å². The highest BCUT2D eigenvalue weighted by molar-refractivity contribution is 6.00. The summed E-state index contributed by atoms with van der Waals surface area (Å²) in [7, 11) is 3.04. The van der Waals surface area contributed by atoms with Crippen LogP contribution in [-0.4, -0.2) is 49.1 Å². The van der Waals surface area contributed by atoms with E-state index in [1.54, 1.807) is 35.2 Å². The summed E-state index contributed by atoms with van der Waals surface area (Å²) in [4.78, 5) is 18.9. The molecule has 4 rings (SSSR count). The van der Waals surface area contributed by atoms with E-state index in [9.17, 15) is 9.18 Å². The Morgan fingerprint density at radius 2 is 1.93 bits per heavy atom. The Hall–Kier alpha value is -3.29. The number of nitrogens with zero attached hydrogens (tertiary/aromatic N) is 2. The number of nitrogens with one attached hydrogen (secondary N) is 1.